The number of rotatable bonds is 5. The number of aliphatic hydroxyl groups is 1. The SMILES string of the molecule is COc1ccc(C(=O)CCC(C)(C)O)cc1. The van der Waals surface area contributed by atoms with E-state index in [0.717, 1.165) is 5.75 Å². The van der Waals surface area contributed by atoms with Gasteiger partial charge in [-0.05, 0) is 44.5 Å². The highest BCUT2D eigenvalue weighted by atomic mass is 16.5. The van der Waals surface area contributed by atoms with Gasteiger partial charge in [-0.15, -0.1) is 0 Å². The maximum atomic E-state index is 11.7. The molecule has 3 heteroatoms. The van der Waals surface area contributed by atoms with Crippen LogP contribution in [0.3, 0.4) is 0 Å². The van der Waals surface area contributed by atoms with Crippen molar-refractivity contribution in [3.05, 3.63) is 29.8 Å². The van der Waals surface area contributed by atoms with Crippen LogP contribution in [0.1, 0.15) is 37.0 Å². The zero-order valence-electron chi connectivity index (χ0n) is 9.99. The van der Waals surface area contributed by atoms with Gasteiger partial charge >= 0.3 is 0 Å². The van der Waals surface area contributed by atoms with Crippen LogP contribution in [0.5, 0.6) is 5.75 Å². The molecule has 0 heterocycles. The topological polar surface area (TPSA) is 46.5 Å². The summed E-state index contributed by atoms with van der Waals surface area (Å²) in [7, 11) is 1.59. The number of ether oxygens (including phenoxy) is 1. The molecule has 1 rings (SSSR count). The maximum absolute atomic E-state index is 11.7. The molecule has 1 aromatic carbocycles. The highest BCUT2D eigenvalue weighted by Gasteiger charge is 2.15. The first-order valence-electron chi connectivity index (χ1n) is 5.32. The molecule has 1 N–H and O–H groups in total. The number of ketones is 1. The summed E-state index contributed by atoms with van der Waals surface area (Å²) in [5, 5.41) is 9.52. The maximum Gasteiger partial charge on any atom is 0.162 e. The molecule has 0 saturated carbocycles. The van der Waals surface area contributed by atoms with Crippen LogP contribution in [0.2, 0.25) is 0 Å². The van der Waals surface area contributed by atoms with Crippen LogP contribution in [0.25, 0.3) is 0 Å². The smallest absolute Gasteiger partial charge is 0.162 e. The molecule has 0 atom stereocenters. The summed E-state index contributed by atoms with van der Waals surface area (Å²) in [6.45, 7) is 3.41. The lowest BCUT2D eigenvalue weighted by Gasteiger charge is -2.15. The molecular formula is C13H18O3. The minimum Gasteiger partial charge on any atom is -0.497 e. The van der Waals surface area contributed by atoms with Gasteiger partial charge in [-0.25, -0.2) is 0 Å². The standard InChI is InChI=1S/C13H18O3/c1-13(2,15)9-8-12(14)10-4-6-11(16-3)7-5-10/h4-7,15H,8-9H2,1-3H3. The van der Waals surface area contributed by atoms with E-state index in [0.29, 0.717) is 18.4 Å². The second kappa shape index (κ2) is 5.12. The molecule has 0 aliphatic rings. The predicted octanol–water partition coefficient (Wildman–Crippen LogP) is 2.43. The molecule has 16 heavy (non-hydrogen) atoms. The Kier molecular flexibility index (Phi) is 4.07. The van der Waals surface area contributed by atoms with Crippen LogP contribution >= 0.6 is 0 Å². The predicted molar refractivity (Wildman–Crippen MR) is 62.9 cm³/mol. The van der Waals surface area contributed by atoms with Crippen molar-refractivity contribution >= 4 is 5.78 Å². The van der Waals surface area contributed by atoms with Crippen LogP contribution in [0.4, 0.5) is 0 Å². The Bertz CT molecular complexity index is 346. The van der Waals surface area contributed by atoms with E-state index >= 15 is 0 Å². The molecule has 0 aliphatic carbocycles. The van der Waals surface area contributed by atoms with E-state index in [-0.39, 0.29) is 5.78 Å². The molecule has 0 aliphatic heterocycles. The van der Waals surface area contributed by atoms with E-state index in [1.54, 1.807) is 45.2 Å². The van der Waals surface area contributed by atoms with Crippen molar-refractivity contribution in [2.75, 3.05) is 7.11 Å². The zero-order chi connectivity index (χ0) is 12.2. The molecule has 1 aromatic rings. The van der Waals surface area contributed by atoms with Gasteiger partial charge in [0.25, 0.3) is 0 Å². The summed E-state index contributed by atoms with van der Waals surface area (Å²) in [5.74, 6) is 0.781. The average molecular weight is 222 g/mol. The second-order valence-electron chi connectivity index (χ2n) is 4.46. The van der Waals surface area contributed by atoms with Crippen molar-refractivity contribution in [2.24, 2.45) is 0 Å². The molecule has 0 spiro atoms. The first-order chi connectivity index (χ1) is 7.42. The van der Waals surface area contributed by atoms with E-state index in [2.05, 4.69) is 0 Å². The Morgan fingerprint density at radius 1 is 1.31 bits per heavy atom. The molecule has 0 fully saturated rings. The number of methoxy groups -OCH3 is 1. The van der Waals surface area contributed by atoms with E-state index in [1.165, 1.54) is 0 Å². The monoisotopic (exact) mass is 222 g/mol. The molecule has 88 valence electrons. The summed E-state index contributed by atoms with van der Waals surface area (Å²) in [6.07, 6.45) is 0.827. The molecule has 0 bridgehead atoms. The molecule has 0 radical (unpaired) electrons. The van der Waals surface area contributed by atoms with Crippen molar-refractivity contribution < 1.29 is 14.6 Å². The normalized spacial score (nSPS) is 11.2. The third-order valence-electron chi connectivity index (χ3n) is 2.38. The molecule has 3 nitrogen and oxygen atoms in total. The first-order valence-corrected chi connectivity index (χ1v) is 5.32. The van der Waals surface area contributed by atoms with Gasteiger partial charge in [-0.2, -0.15) is 0 Å². The van der Waals surface area contributed by atoms with Gasteiger partial charge < -0.3 is 9.84 Å². The van der Waals surface area contributed by atoms with Crippen molar-refractivity contribution in [1.29, 1.82) is 0 Å². The lowest BCUT2D eigenvalue weighted by molar-refractivity contribution is 0.0633. The third kappa shape index (κ3) is 4.03. The first kappa shape index (κ1) is 12.7. The Morgan fingerprint density at radius 2 is 1.88 bits per heavy atom. The van der Waals surface area contributed by atoms with E-state index in [4.69, 9.17) is 4.74 Å². The number of hydrogen-bond acceptors (Lipinski definition) is 3. The molecule has 0 saturated heterocycles. The molecule has 0 aromatic heterocycles. The number of hydrogen-bond donors (Lipinski definition) is 1. The van der Waals surface area contributed by atoms with Gasteiger partial charge in [0, 0.05) is 12.0 Å². The Balaban J connectivity index is 2.59. The zero-order valence-corrected chi connectivity index (χ0v) is 9.99. The highest BCUT2D eigenvalue weighted by Crippen LogP contribution is 2.16. The lowest BCUT2D eigenvalue weighted by atomic mass is 9.98. The van der Waals surface area contributed by atoms with E-state index in [1.807, 2.05) is 0 Å². The van der Waals surface area contributed by atoms with Crippen LogP contribution in [0.15, 0.2) is 24.3 Å². The Labute approximate surface area is 96.1 Å². The van der Waals surface area contributed by atoms with E-state index < -0.39 is 5.60 Å². The van der Waals surface area contributed by atoms with Gasteiger partial charge in [-0.3, -0.25) is 4.79 Å². The minimum atomic E-state index is -0.790. The molecule has 0 amide bonds. The van der Waals surface area contributed by atoms with Crippen molar-refractivity contribution in [3.8, 4) is 5.75 Å². The largest absolute Gasteiger partial charge is 0.497 e. The van der Waals surface area contributed by atoms with Gasteiger partial charge in [-0.1, -0.05) is 0 Å². The summed E-state index contributed by atoms with van der Waals surface area (Å²) in [4.78, 5) is 11.7. The van der Waals surface area contributed by atoms with Crippen molar-refractivity contribution in [2.45, 2.75) is 32.3 Å². The van der Waals surface area contributed by atoms with Gasteiger partial charge in [0.2, 0.25) is 0 Å². The number of carbonyl (C=O) groups excluding carboxylic acids is 1. The van der Waals surface area contributed by atoms with Gasteiger partial charge in [0.05, 0.1) is 12.7 Å². The van der Waals surface area contributed by atoms with Gasteiger partial charge in [0.15, 0.2) is 5.78 Å². The summed E-state index contributed by atoms with van der Waals surface area (Å²) >= 11 is 0. The second-order valence-corrected chi connectivity index (χ2v) is 4.46. The van der Waals surface area contributed by atoms with Crippen molar-refractivity contribution in [1.82, 2.24) is 0 Å². The fraction of sp³-hybridized carbons (Fsp3) is 0.462. The van der Waals surface area contributed by atoms with Crippen LogP contribution in [-0.2, 0) is 0 Å². The minimum absolute atomic E-state index is 0.0461. The third-order valence-corrected chi connectivity index (χ3v) is 2.38. The number of carbonyl (C=O) groups is 1. The summed E-state index contributed by atoms with van der Waals surface area (Å²) in [5.41, 5.74) is -0.132. The van der Waals surface area contributed by atoms with Crippen LogP contribution < -0.4 is 4.74 Å². The quantitative estimate of drug-likeness (QED) is 0.778. The lowest BCUT2D eigenvalue weighted by Crippen LogP contribution is -2.19. The number of benzene rings is 1. The Hall–Kier alpha value is -1.35. The molecular weight excluding hydrogens is 204 g/mol. The van der Waals surface area contributed by atoms with Crippen molar-refractivity contribution in [3.63, 3.8) is 0 Å². The van der Waals surface area contributed by atoms with Gasteiger partial charge in [0.1, 0.15) is 5.75 Å². The fourth-order valence-electron chi connectivity index (χ4n) is 1.34. The number of Topliss-reactive ketones (excluding diaryl/α,β-unsaturated/α-hetero) is 1. The Morgan fingerprint density at radius 3 is 2.31 bits per heavy atom. The summed E-state index contributed by atoms with van der Waals surface area (Å²) in [6, 6.07) is 7.01. The fourth-order valence-corrected chi connectivity index (χ4v) is 1.34. The summed E-state index contributed by atoms with van der Waals surface area (Å²) < 4.78 is 5.01. The van der Waals surface area contributed by atoms with Crippen LogP contribution in [-0.4, -0.2) is 23.6 Å². The molecule has 0 unspecified atom stereocenters. The van der Waals surface area contributed by atoms with Crippen LogP contribution in [0, 0.1) is 0 Å². The van der Waals surface area contributed by atoms with E-state index in [9.17, 15) is 9.90 Å². The average Bonchev–Trinajstić information content (AvgIpc) is 2.25. The highest BCUT2D eigenvalue weighted by molar-refractivity contribution is 5.96.